The number of nitrogens with zero attached hydrogens (tertiary/aromatic N) is 4. The van der Waals surface area contributed by atoms with Crippen LogP contribution in [0.25, 0.3) is 0 Å². The zero-order valence-electron chi connectivity index (χ0n) is 21.9. The van der Waals surface area contributed by atoms with E-state index in [1.54, 1.807) is 38.1 Å². The lowest BCUT2D eigenvalue weighted by Crippen LogP contribution is -2.49. The van der Waals surface area contributed by atoms with Crippen LogP contribution in [0.2, 0.25) is 5.02 Å². The summed E-state index contributed by atoms with van der Waals surface area (Å²) in [5, 5.41) is 11.1. The first-order valence-corrected chi connectivity index (χ1v) is 13.3. The Labute approximate surface area is 232 Å². The van der Waals surface area contributed by atoms with Crippen LogP contribution in [0.15, 0.2) is 57.6 Å². The Hall–Kier alpha value is -4.12. The number of anilines is 1. The molecule has 2 amide bonds. The van der Waals surface area contributed by atoms with Crippen molar-refractivity contribution in [2.24, 2.45) is 18.4 Å². The van der Waals surface area contributed by atoms with E-state index in [0.29, 0.717) is 11.1 Å². The van der Waals surface area contributed by atoms with E-state index >= 15 is 0 Å². The second-order valence-electron chi connectivity index (χ2n) is 10.5. The van der Waals surface area contributed by atoms with Crippen LogP contribution >= 0.6 is 11.6 Å². The van der Waals surface area contributed by atoms with Gasteiger partial charge in [-0.3, -0.25) is 9.59 Å². The number of amides is 2. The lowest BCUT2D eigenvalue weighted by Gasteiger charge is -2.47. The topological polar surface area (TPSA) is 116 Å². The van der Waals surface area contributed by atoms with E-state index in [9.17, 15) is 28.7 Å². The minimum Gasteiger partial charge on any atom is -0.504 e. The number of carbonyl (C=O) groups excluding carboxylic acids is 2. The maximum absolute atomic E-state index is 14.3. The standard InChI is InChI=1S/C28H26ClFN4O6/c1-4-40-21-7-5-6-16(23(21)35)22-15-10-11-32-26(38)31(3)27(39)34(32)20(15)13-17-24(36)33(25(37)28(17,22)2)14-8-9-19(30)18(29)12-14/h5-10,12,17,20,22,35H,4,11,13H2,1-3H3. The maximum atomic E-state index is 14.3. The van der Waals surface area contributed by atoms with Gasteiger partial charge in [0.15, 0.2) is 11.5 Å². The van der Waals surface area contributed by atoms with Gasteiger partial charge in [0.05, 0.1) is 41.2 Å². The molecule has 3 aromatic rings. The van der Waals surface area contributed by atoms with E-state index in [1.807, 2.05) is 0 Å². The molecule has 40 heavy (non-hydrogen) atoms. The van der Waals surface area contributed by atoms with Gasteiger partial charge in [-0.05, 0) is 50.1 Å². The molecular weight excluding hydrogens is 543 g/mol. The van der Waals surface area contributed by atoms with Gasteiger partial charge in [0.25, 0.3) is 0 Å². The number of allylic oxidation sites excluding steroid dienone is 2. The minimum atomic E-state index is -1.40. The van der Waals surface area contributed by atoms with Crippen molar-refractivity contribution in [3.8, 4) is 11.5 Å². The smallest absolute Gasteiger partial charge is 0.347 e. The number of benzene rings is 2. The van der Waals surface area contributed by atoms with Crippen LogP contribution < -0.4 is 21.0 Å². The third-order valence-electron chi connectivity index (χ3n) is 8.53. The number of hydrogen-bond donors (Lipinski definition) is 1. The molecule has 0 bridgehead atoms. The minimum absolute atomic E-state index is 0.0596. The van der Waals surface area contributed by atoms with Crippen molar-refractivity contribution in [2.75, 3.05) is 11.5 Å². The van der Waals surface area contributed by atoms with Crippen LogP contribution in [-0.2, 0) is 23.2 Å². The first-order valence-electron chi connectivity index (χ1n) is 12.9. The van der Waals surface area contributed by atoms with Crippen LogP contribution in [0.3, 0.4) is 0 Å². The third-order valence-corrected chi connectivity index (χ3v) is 8.82. The van der Waals surface area contributed by atoms with Crippen LogP contribution in [0, 0.1) is 17.2 Å². The average molecular weight is 569 g/mol. The molecule has 2 fully saturated rings. The van der Waals surface area contributed by atoms with Crippen molar-refractivity contribution in [3.63, 3.8) is 0 Å². The maximum Gasteiger partial charge on any atom is 0.347 e. The molecule has 12 heteroatoms. The number of halogens is 2. The van der Waals surface area contributed by atoms with E-state index in [4.69, 9.17) is 16.3 Å². The fourth-order valence-corrected chi connectivity index (χ4v) is 6.82. The largest absolute Gasteiger partial charge is 0.504 e. The lowest BCUT2D eigenvalue weighted by molar-refractivity contribution is -0.129. The predicted octanol–water partition coefficient (Wildman–Crippen LogP) is 3.11. The quantitative estimate of drug-likeness (QED) is 0.382. The van der Waals surface area contributed by atoms with Crippen molar-refractivity contribution in [1.82, 2.24) is 13.9 Å². The number of carbonyl (C=O) groups is 2. The van der Waals surface area contributed by atoms with Crippen LogP contribution in [0.5, 0.6) is 11.5 Å². The summed E-state index contributed by atoms with van der Waals surface area (Å²) in [6.45, 7) is 3.81. The van der Waals surface area contributed by atoms with Gasteiger partial charge in [0, 0.05) is 18.5 Å². The normalized spacial score (nSPS) is 25.4. The molecule has 4 unspecified atom stereocenters. The Morgan fingerprint density at radius 3 is 2.60 bits per heavy atom. The van der Waals surface area contributed by atoms with Crippen molar-refractivity contribution in [3.05, 3.63) is 85.4 Å². The number of fused-ring (bicyclic) bond motifs is 4. The highest BCUT2D eigenvalue weighted by Crippen LogP contribution is 2.62. The van der Waals surface area contributed by atoms with Gasteiger partial charge in [-0.2, -0.15) is 0 Å². The number of aromatic nitrogens is 3. The first kappa shape index (κ1) is 26.1. The van der Waals surface area contributed by atoms with E-state index in [-0.39, 0.29) is 41.8 Å². The Bertz CT molecular complexity index is 1760. The fourth-order valence-electron chi connectivity index (χ4n) is 6.64. The zero-order chi connectivity index (χ0) is 28.7. The molecule has 208 valence electrons. The van der Waals surface area contributed by atoms with Crippen molar-refractivity contribution < 1.29 is 23.8 Å². The summed E-state index contributed by atoms with van der Waals surface area (Å²) in [5.41, 5.74) is -1.33. The molecule has 6 rings (SSSR count). The molecule has 10 nitrogen and oxygen atoms in total. The molecule has 3 heterocycles. The lowest BCUT2D eigenvalue weighted by atomic mass is 9.56. The Morgan fingerprint density at radius 1 is 1.15 bits per heavy atom. The third kappa shape index (κ3) is 3.33. The summed E-state index contributed by atoms with van der Waals surface area (Å²) in [6, 6.07) is 7.84. The Balaban J connectivity index is 1.60. The second-order valence-corrected chi connectivity index (χ2v) is 10.9. The number of imide groups is 1. The van der Waals surface area contributed by atoms with Gasteiger partial charge in [-0.1, -0.05) is 29.8 Å². The summed E-state index contributed by atoms with van der Waals surface area (Å²) in [4.78, 5) is 55.3. The van der Waals surface area contributed by atoms with Gasteiger partial charge in [0.1, 0.15) is 5.82 Å². The summed E-state index contributed by atoms with van der Waals surface area (Å²) < 4.78 is 23.2. The second kappa shape index (κ2) is 8.95. The zero-order valence-corrected chi connectivity index (χ0v) is 22.7. The monoisotopic (exact) mass is 568 g/mol. The van der Waals surface area contributed by atoms with Crippen LogP contribution in [-0.4, -0.2) is 37.5 Å². The Morgan fingerprint density at radius 2 is 1.90 bits per heavy atom. The molecule has 1 saturated carbocycles. The van der Waals surface area contributed by atoms with Gasteiger partial charge < -0.3 is 9.84 Å². The van der Waals surface area contributed by atoms with E-state index in [0.717, 1.165) is 15.5 Å². The summed E-state index contributed by atoms with van der Waals surface area (Å²) in [7, 11) is 1.38. The molecule has 1 aromatic heterocycles. The van der Waals surface area contributed by atoms with Gasteiger partial charge in [0.2, 0.25) is 11.8 Å². The highest BCUT2D eigenvalue weighted by atomic mass is 35.5. The molecule has 2 aromatic carbocycles. The summed E-state index contributed by atoms with van der Waals surface area (Å²) in [6.07, 6.45) is 1.85. The van der Waals surface area contributed by atoms with E-state index < -0.39 is 52.3 Å². The fraction of sp³-hybridized carbons (Fsp3) is 0.357. The Kier molecular flexibility index (Phi) is 5.85. The number of para-hydroxylation sites is 1. The number of ether oxygens (including phenoxy) is 1. The first-order chi connectivity index (χ1) is 19.0. The van der Waals surface area contributed by atoms with Gasteiger partial charge in [-0.15, -0.1) is 0 Å². The molecule has 1 saturated heterocycles. The van der Waals surface area contributed by atoms with Crippen LogP contribution in [0.1, 0.15) is 37.8 Å². The number of rotatable bonds is 4. The molecule has 4 atom stereocenters. The van der Waals surface area contributed by atoms with E-state index in [1.165, 1.54) is 28.5 Å². The number of phenols is 1. The van der Waals surface area contributed by atoms with Gasteiger partial charge >= 0.3 is 11.4 Å². The van der Waals surface area contributed by atoms with Crippen molar-refractivity contribution in [2.45, 2.75) is 38.8 Å². The highest BCUT2D eigenvalue weighted by molar-refractivity contribution is 6.31. The number of hydrogen-bond acceptors (Lipinski definition) is 6. The van der Waals surface area contributed by atoms with Gasteiger partial charge in [-0.25, -0.2) is 32.8 Å². The predicted molar refractivity (Wildman–Crippen MR) is 143 cm³/mol. The van der Waals surface area contributed by atoms with Crippen LogP contribution in [0.4, 0.5) is 10.1 Å². The summed E-state index contributed by atoms with van der Waals surface area (Å²) in [5.74, 6) is -3.54. The SMILES string of the molecule is CCOc1cccc(C2C3=CCn4c(=O)n(C)c(=O)n4C3CC3C(=O)N(c4ccc(F)c(Cl)c4)C(=O)C32C)c1O. The highest BCUT2D eigenvalue weighted by Gasteiger charge is 2.65. The van der Waals surface area contributed by atoms with E-state index in [2.05, 4.69) is 0 Å². The van der Waals surface area contributed by atoms with Crippen molar-refractivity contribution >= 4 is 29.1 Å². The summed E-state index contributed by atoms with van der Waals surface area (Å²) >= 11 is 6.00. The molecule has 3 aliphatic rings. The molecule has 1 N–H and O–H groups in total. The number of phenolic OH excluding ortho intramolecular Hbond substituents is 1. The molecule has 0 spiro atoms. The molecule has 2 aliphatic heterocycles. The molecular formula is C28H26ClFN4O6. The molecule has 1 aliphatic carbocycles. The molecule has 0 radical (unpaired) electrons. The number of aromatic hydroxyl groups is 1. The average Bonchev–Trinajstić information content (AvgIpc) is 3.27. The van der Waals surface area contributed by atoms with Crippen molar-refractivity contribution in [1.29, 1.82) is 0 Å².